The summed E-state index contributed by atoms with van der Waals surface area (Å²) >= 11 is 3.40. The van der Waals surface area contributed by atoms with E-state index in [2.05, 4.69) is 71.5 Å². The Hall–Kier alpha value is -3.19. The van der Waals surface area contributed by atoms with Gasteiger partial charge in [-0.2, -0.15) is 5.10 Å². The predicted octanol–water partition coefficient (Wildman–Crippen LogP) is 5.81. The lowest BCUT2D eigenvalue weighted by molar-refractivity contribution is -0.122. The normalized spacial score (nSPS) is 17.7. The van der Waals surface area contributed by atoms with Crippen molar-refractivity contribution in [2.45, 2.75) is 38.5 Å². The Morgan fingerprint density at radius 2 is 1.91 bits per heavy atom. The number of amides is 1. The molecule has 1 fully saturated rings. The highest BCUT2D eigenvalue weighted by Crippen LogP contribution is 2.47. The van der Waals surface area contributed by atoms with Crippen molar-refractivity contribution in [3.63, 3.8) is 0 Å². The van der Waals surface area contributed by atoms with Crippen molar-refractivity contribution in [2.75, 3.05) is 0 Å². The maximum Gasteiger partial charge on any atom is 0.379 e. The highest BCUT2D eigenvalue weighted by molar-refractivity contribution is 9.10. The Kier molecular flexibility index (Phi) is 6.51. The fraction of sp³-hybridized carbons (Fsp3) is 0.269. The molecular weight excluding hydrogens is 484 g/mol. The summed E-state index contributed by atoms with van der Waals surface area (Å²) in [5.74, 6) is -0.212. The van der Waals surface area contributed by atoms with Crippen molar-refractivity contribution in [3.8, 4) is 5.75 Å². The van der Waals surface area contributed by atoms with Crippen molar-refractivity contribution in [1.82, 2.24) is 5.43 Å². The largest absolute Gasteiger partial charge is 0.457 e. The number of furan rings is 1. The monoisotopic (exact) mass is 508 g/mol. The lowest BCUT2D eigenvalue weighted by Crippen LogP contribution is -2.20. The Bertz CT molecular complexity index is 1180. The molecule has 2 aromatic carbocycles. The molecule has 1 aliphatic carbocycles. The summed E-state index contributed by atoms with van der Waals surface area (Å²) in [6.07, 6.45) is 3.67. The predicted molar refractivity (Wildman–Crippen MR) is 130 cm³/mol. The minimum absolute atomic E-state index is 0.0959. The first kappa shape index (κ1) is 23.0. The molecule has 3 aromatic rings. The number of nitrogens with zero attached hydrogens (tertiary/aromatic N) is 1. The van der Waals surface area contributed by atoms with E-state index in [4.69, 9.17) is 9.15 Å². The molecule has 0 aliphatic heterocycles. The number of hydrogen-bond acceptors (Lipinski definition) is 5. The second-order valence-corrected chi connectivity index (χ2v) is 10.0. The molecule has 1 aliphatic rings. The molecule has 1 N–H and O–H groups in total. The van der Waals surface area contributed by atoms with Gasteiger partial charge in [0.2, 0.25) is 11.7 Å². The van der Waals surface area contributed by atoms with Crippen molar-refractivity contribution in [1.29, 1.82) is 0 Å². The maximum atomic E-state index is 12.6. The number of nitrogens with one attached hydrogen (secondary N) is 1. The third-order valence-corrected chi connectivity index (χ3v) is 6.10. The van der Waals surface area contributed by atoms with Crippen LogP contribution in [0.15, 0.2) is 74.9 Å². The molecule has 0 saturated heterocycles. The van der Waals surface area contributed by atoms with Crippen LogP contribution in [0, 0.1) is 5.92 Å². The van der Waals surface area contributed by atoms with Crippen LogP contribution >= 0.6 is 15.9 Å². The van der Waals surface area contributed by atoms with Gasteiger partial charge in [0.1, 0.15) is 5.75 Å². The minimum atomic E-state index is -0.612. The van der Waals surface area contributed by atoms with Gasteiger partial charge in [-0.05, 0) is 59.2 Å². The number of hydrogen-bond donors (Lipinski definition) is 1. The maximum absolute atomic E-state index is 12.6. The summed E-state index contributed by atoms with van der Waals surface area (Å²) in [4.78, 5) is 24.8. The summed E-state index contributed by atoms with van der Waals surface area (Å²) in [5.41, 5.74) is 5.70. The van der Waals surface area contributed by atoms with Crippen LogP contribution in [0.4, 0.5) is 0 Å². The number of ether oxygens (including phenoxy) is 1. The Morgan fingerprint density at radius 1 is 1.15 bits per heavy atom. The molecule has 6 nitrogen and oxygen atoms in total. The Labute approximate surface area is 201 Å². The summed E-state index contributed by atoms with van der Waals surface area (Å²) in [6.45, 7) is 6.55. The van der Waals surface area contributed by atoms with Crippen molar-refractivity contribution >= 4 is 34.0 Å². The molecular formula is C26H25BrN2O4. The first-order valence-electron chi connectivity index (χ1n) is 10.7. The van der Waals surface area contributed by atoms with E-state index in [0.29, 0.717) is 11.3 Å². The van der Waals surface area contributed by atoms with Gasteiger partial charge in [0.25, 0.3) is 0 Å². The van der Waals surface area contributed by atoms with Crippen molar-refractivity contribution < 1.29 is 18.7 Å². The van der Waals surface area contributed by atoms with E-state index >= 15 is 0 Å². The number of hydrazone groups is 1. The van der Waals surface area contributed by atoms with Gasteiger partial charge in [-0.15, -0.1) is 0 Å². The van der Waals surface area contributed by atoms with E-state index in [1.807, 2.05) is 0 Å². The minimum Gasteiger partial charge on any atom is -0.457 e. The molecule has 1 amide bonds. The molecule has 1 saturated carbocycles. The smallest absolute Gasteiger partial charge is 0.379 e. The zero-order chi connectivity index (χ0) is 23.6. The zero-order valence-corrected chi connectivity index (χ0v) is 20.3. The topological polar surface area (TPSA) is 80.9 Å². The summed E-state index contributed by atoms with van der Waals surface area (Å²) in [7, 11) is 0. The van der Waals surface area contributed by atoms with Crippen LogP contribution in [0.2, 0.25) is 0 Å². The van der Waals surface area contributed by atoms with Crippen LogP contribution in [0.1, 0.15) is 60.4 Å². The van der Waals surface area contributed by atoms with Crippen molar-refractivity contribution in [3.05, 3.63) is 87.8 Å². The van der Waals surface area contributed by atoms with Gasteiger partial charge in [0.05, 0.1) is 12.5 Å². The Balaban J connectivity index is 1.37. The van der Waals surface area contributed by atoms with E-state index in [1.165, 1.54) is 29.7 Å². The average Bonchev–Trinajstić information content (AvgIpc) is 3.39. The number of rotatable bonds is 6. The summed E-state index contributed by atoms with van der Waals surface area (Å²) < 4.78 is 11.3. The fourth-order valence-electron chi connectivity index (χ4n) is 3.59. The van der Waals surface area contributed by atoms with Gasteiger partial charge < -0.3 is 9.15 Å². The van der Waals surface area contributed by atoms with Gasteiger partial charge in [-0.25, -0.2) is 10.2 Å². The molecule has 0 radical (unpaired) electrons. The second kappa shape index (κ2) is 9.35. The van der Waals surface area contributed by atoms with E-state index < -0.39 is 5.97 Å². The Morgan fingerprint density at radius 3 is 2.58 bits per heavy atom. The lowest BCUT2D eigenvalue weighted by atomic mass is 9.86. The van der Waals surface area contributed by atoms with E-state index in [1.54, 1.807) is 24.3 Å². The first-order chi connectivity index (χ1) is 15.7. The first-order valence-corrected chi connectivity index (χ1v) is 11.5. The molecule has 2 atom stereocenters. The number of halogens is 1. The van der Waals surface area contributed by atoms with Gasteiger partial charge in [0.15, 0.2) is 0 Å². The van der Waals surface area contributed by atoms with E-state index in [9.17, 15) is 9.59 Å². The highest BCUT2D eigenvalue weighted by atomic mass is 79.9. The van der Waals surface area contributed by atoms with E-state index in [-0.39, 0.29) is 28.9 Å². The third kappa shape index (κ3) is 5.60. The third-order valence-electron chi connectivity index (χ3n) is 5.61. The second-order valence-electron chi connectivity index (χ2n) is 9.10. The van der Waals surface area contributed by atoms with Crippen LogP contribution in [-0.2, 0) is 10.2 Å². The van der Waals surface area contributed by atoms with Gasteiger partial charge >= 0.3 is 5.97 Å². The van der Waals surface area contributed by atoms with Gasteiger partial charge in [-0.3, -0.25) is 4.79 Å². The summed E-state index contributed by atoms with van der Waals surface area (Å²) in [5, 5.41) is 4.09. The lowest BCUT2D eigenvalue weighted by Gasteiger charge is -2.19. The molecule has 0 spiro atoms. The van der Waals surface area contributed by atoms with Gasteiger partial charge in [-0.1, -0.05) is 61.0 Å². The van der Waals surface area contributed by atoms with Crippen LogP contribution in [0.5, 0.6) is 5.75 Å². The van der Waals surface area contributed by atoms with Crippen LogP contribution < -0.4 is 10.2 Å². The molecule has 170 valence electrons. The van der Waals surface area contributed by atoms with E-state index in [0.717, 1.165) is 10.9 Å². The standard InChI is InChI=1S/C26H25BrN2O4/c1-26(2,3)18-8-6-16(7-9-18)20-14-21(20)24(30)29-28-15-17-13-19(27)10-11-22(17)33-25(31)23-5-4-12-32-23/h4-13,15,20-21H,14H2,1-3H3,(H,29,30)/t20-,21-/m0/s1. The molecule has 1 aromatic heterocycles. The molecule has 33 heavy (non-hydrogen) atoms. The number of esters is 1. The average molecular weight is 509 g/mol. The molecule has 4 rings (SSSR count). The molecule has 1 heterocycles. The highest BCUT2D eigenvalue weighted by Gasteiger charge is 2.44. The van der Waals surface area contributed by atoms with Crippen LogP contribution in [0.25, 0.3) is 0 Å². The van der Waals surface area contributed by atoms with Crippen LogP contribution in [-0.4, -0.2) is 18.1 Å². The molecule has 0 bridgehead atoms. The SMILES string of the molecule is CC(C)(C)c1ccc([C@@H]2C[C@@H]2C(=O)NN=Cc2cc(Br)ccc2OC(=O)c2ccco2)cc1. The number of carbonyl (C=O) groups is 2. The van der Waals surface area contributed by atoms with Crippen molar-refractivity contribution in [2.24, 2.45) is 11.0 Å². The zero-order valence-electron chi connectivity index (χ0n) is 18.7. The summed E-state index contributed by atoms with van der Waals surface area (Å²) in [6, 6.07) is 16.8. The number of carbonyl (C=O) groups excluding carboxylic acids is 2. The molecule has 7 heteroatoms. The fourth-order valence-corrected chi connectivity index (χ4v) is 3.97. The number of benzene rings is 2. The van der Waals surface area contributed by atoms with Gasteiger partial charge in [0, 0.05) is 16.0 Å². The molecule has 0 unspecified atom stereocenters. The van der Waals surface area contributed by atoms with Crippen LogP contribution in [0.3, 0.4) is 0 Å². The quantitative estimate of drug-likeness (QED) is 0.197.